The Hall–Kier alpha value is -3.49. The van der Waals surface area contributed by atoms with Crippen molar-refractivity contribution in [2.75, 3.05) is 5.43 Å². The lowest BCUT2D eigenvalue weighted by atomic mass is 10.2. The van der Waals surface area contributed by atoms with E-state index in [4.69, 9.17) is 4.74 Å². The number of benzene rings is 3. The molecule has 3 aromatic rings. The van der Waals surface area contributed by atoms with Gasteiger partial charge in [0.2, 0.25) is 5.82 Å². The molecule has 0 radical (unpaired) electrons. The Morgan fingerprint density at radius 2 is 1.41 bits per heavy atom. The molecule has 0 spiro atoms. The molecule has 0 aliphatic carbocycles. The summed E-state index contributed by atoms with van der Waals surface area (Å²) in [7, 11) is 0. The molecule has 29 heavy (non-hydrogen) atoms. The normalized spacial score (nSPS) is 11.1. The summed E-state index contributed by atoms with van der Waals surface area (Å²) in [6.45, 7) is 0.146. The minimum absolute atomic E-state index is 0.146. The lowest BCUT2D eigenvalue weighted by Crippen LogP contribution is -2.06. The van der Waals surface area contributed by atoms with Gasteiger partial charge in [-0.05, 0) is 47.5 Å². The molecule has 3 rings (SSSR count). The number of anilines is 1. The second kappa shape index (κ2) is 8.68. The van der Waals surface area contributed by atoms with E-state index in [-0.39, 0.29) is 12.4 Å². The first-order valence-electron chi connectivity index (χ1n) is 8.14. The van der Waals surface area contributed by atoms with Crippen molar-refractivity contribution < 1.29 is 31.1 Å². The fraction of sp³-hybridized carbons (Fsp3) is 0.0500. The van der Waals surface area contributed by atoms with E-state index in [0.717, 1.165) is 6.21 Å². The summed E-state index contributed by atoms with van der Waals surface area (Å²) in [5.41, 5.74) is 1.65. The Morgan fingerprint density at radius 1 is 0.793 bits per heavy atom. The Morgan fingerprint density at radius 3 is 2.03 bits per heavy atom. The van der Waals surface area contributed by atoms with Crippen LogP contribution >= 0.6 is 0 Å². The van der Waals surface area contributed by atoms with Crippen molar-refractivity contribution in [3.63, 3.8) is 0 Å². The van der Waals surface area contributed by atoms with Gasteiger partial charge in [-0.3, -0.25) is 5.43 Å². The number of halogens is 6. The highest BCUT2D eigenvalue weighted by atomic mass is 19.2. The van der Waals surface area contributed by atoms with E-state index in [9.17, 15) is 26.3 Å². The summed E-state index contributed by atoms with van der Waals surface area (Å²) in [5, 5.41) is 3.49. The van der Waals surface area contributed by atoms with Crippen LogP contribution in [0.2, 0.25) is 0 Å². The molecule has 0 heterocycles. The average molecular weight is 410 g/mol. The molecule has 3 aromatic carbocycles. The van der Waals surface area contributed by atoms with Crippen LogP contribution in [-0.2, 0) is 6.61 Å². The van der Waals surface area contributed by atoms with E-state index >= 15 is 0 Å². The predicted molar refractivity (Wildman–Crippen MR) is 94.6 cm³/mol. The molecule has 0 aromatic heterocycles. The number of hydrazone groups is 1. The molecule has 0 atom stereocenters. The number of nitrogens with one attached hydrogen (secondary N) is 1. The fourth-order valence-electron chi connectivity index (χ4n) is 2.32. The highest BCUT2D eigenvalue weighted by Crippen LogP contribution is 2.27. The second-order valence-electron chi connectivity index (χ2n) is 5.80. The summed E-state index contributed by atoms with van der Waals surface area (Å²) in [5.74, 6) is -10.3. The number of hydrogen-bond donors (Lipinski definition) is 1. The minimum Gasteiger partial charge on any atom is -0.489 e. The van der Waals surface area contributed by atoms with Gasteiger partial charge < -0.3 is 4.74 Å². The molecule has 1 N–H and O–H groups in total. The number of ether oxygens (including phenoxy) is 1. The zero-order chi connectivity index (χ0) is 21.0. The van der Waals surface area contributed by atoms with Crippen LogP contribution in [0.1, 0.15) is 11.1 Å². The van der Waals surface area contributed by atoms with Crippen LogP contribution in [0.5, 0.6) is 5.75 Å². The van der Waals surface area contributed by atoms with Gasteiger partial charge in [-0.1, -0.05) is 12.1 Å². The zero-order valence-corrected chi connectivity index (χ0v) is 14.5. The first-order chi connectivity index (χ1) is 13.9. The maximum absolute atomic E-state index is 13.5. The van der Waals surface area contributed by atoms with Crippen molar-refractivity contribution in [1.29, 1.82) is 0 Å². The van der Waals surface area contributed by atoms with Gasteiger partial charge in [-0.25, -0.2) is 26.3 Å². The average Bonchev–Trinajstić information content (AvgIpc) is 2.73. The molecule has 0 saturated carbocycles. The van der Waals surface area contributed by atoms with Crippen molar-refractivity contribution in [1.82, 2.24) is 0 Å². The molecule has 0 saturated heterocycles. The molecule has 150 valence electrons. The van der Waals surface area contributed by atoms with E-state index in [1.54, 1.807) is 36.4 Å². The third-order valence-electron chi connectivity index (χ3n) is 3.77. The third-order valence-corrected chi connectivity index (χ3v) is 3.77. The molecule has 0 bridgehead atoms. The van der Waals surface area contributed by atoms with E-state index in [1.807, 2.05) is 5.43 Å². The maximum atomic E-state index is 13.5. The third kappa shape index (κ3) is 4.68. The Kier molecular flexibility index (Phi) is 6.06. The quantitative estimate of drug-likeness (QED) is 0.190. The Labute approximate surface area is 161 Å². The highest BCUT2D eigenvalue weighted by molar-refractivity contribution is 5.80. The van der Waals surface area contributed by atoms with Crippen LogP contribution in [0.3, 0.4) is 0 Å². The van der Waals surface area contributed by atoms with Crippen molar-refractivity contribution in [3.8, 4) is 5.75 Å². The lowest BCUT2D eigenvalue weighted by molar-refractivity contribution is 0.305. The Bertz CT molecular complexity index is 1020. The largest absolute Gasteiger partial charge is 0.489 e. The number of hydrogen-bond acceptors (Lipinski definition) is 3. The Balaban J connectivity index is 1.64. The first kappa shape index (κ1) is 20.2. The monoisotopic (exact) mass is 410 g/mol. The van der Waals surface area contributed by atoms with Gasteiger partial charge >= 0.3 is 0 Å². The van der Waals surface area contributed by atoms with Gasteiger partial charge in [0, 0.05) is 0 Å². The first-order valence-corrected chi connectivity index (χ1v) is 8.14. The molecule has 9 heteroatoms. The van der Waals surface area contributed by atoms with Crippen molar-refractivity contribution in [3.05, 3.63) is 94.6 Å². The molecule has 0 amide bonds. The summed E-state index contributed by atoms with van der Waals surface area (Å²) >= 11 is 0. The van der Waals surface area contributed by atoms with E-state index < -0.39 is 34.8 Å². The maximum Gasteiger partial charge on any atom is 0.200 e. The van der Waals surface area contributed by atoms with E-state index in [2.05, 4.69) is 5.10 Å². The minimum atomic E-state index is -2.25. The molecular weight excluding hydrogens is 398 g/mol. The predicted octanol–water partition coefficient (Wildman–Crippen LogP) is 5.55. The molecule has 0 aliphatic heterocycles. The SMILES string of the molecule is Fc1cccc(COc2ccc(/C=N/Nc3c(F)c(F)c(F)c(F)c3F)cc2)c1. The van der Waals surface area contributed by atoms with Gasteiger partial charge in [0.15, 0.2) is 23.3 Å². The van der Waals surface area contributed by atoms with Crippen molar-refractivity contribution >= 4 is 11.9 Å². The number of rotatable bonds is 6. The van der Waals surface area contributed by atoms with E-state index in [1.165, 1.54) is 12.1 Å². The zero-order valence-electron chi connectivity index (χ0n) is 14.5. The van der Waals surface area contributed by atoms with Gasteiger partial charge in [0.25, 0.3) is 0 Å². The smallest absolute Gasteiger partial charge is 0.200 e. The van der Waals surface area contributed by atoms with Crippen LogP contribution < -0.4 is 10.2 Å². The summed E-state index contributed by atoms with van der Waals surface area (Å²) < 4.78 is 84.9. The van der Waals surface area contributed by atoms with Crippen molar-refractivity contribution in [2.24, 2.45) is 5.10 Å². The second-order valence-corrected chi connectivity index (χ2v) is 5.80. The van der Waals surface area contributed by atoms with Gasteiger partial charge in [-0.15, -0.1) is 0 Å². The molecule has 0 fully saturated rings. The van der Waals surface area contributed by atoms with Crippen LogP contribution in [0.4, 0.5) is 32.0 Å². The van der Waals surface area contributed by atoms with Gasteiger partial charge in [-0.2, -0.15) is 5.10 Å². The molecule has 0 unspecified atom stereocenters. The van der Waals surface area contributed by atoms with Gasteiger partial charge in [0.1, 0.15) is 23.9 Å². The van der Waals surface area contributed by atoms with E-state index in [0.29, 0.717) is 16.9 Å². The van der Waals surface area contributed by atoms with Crippen LogP contribution in [-0.4, -0.2) is 6.21 Å². The molecule has 0 aliphatic rings. The van der Waals surface area contributed by atoms with Crippen molar-refractivity contribution in [2.45, 2.75) is 6.61 Å². The van der Waals surface area contributed by atoms with Crippen LogP contribution in [0.25, 0.3) is 0 Å². The summed E-state index contributed by atoms with van der Waals surface area (Å²) in [6, 6.07) is 12.2. The van der Waals surface area contributed by atoms with Crippen LogP contribution in [0, 0.1) is 34.9 Å². The highest BCUT2D eigenvalue weighted by Gasteiger charge is 2.25. The molecule has 3 nitrogen and oxygen atoms in total. The molecular formula is C20H12F6N2O. The standard InChI is InChI=1S/C20H12F6N2O/c21-13-3-1-2-12(8-13)10-29-14-6-4-11(5-7-14)9-27-28-20-18(25)16(23)15(22)17(24)19(20)26/h1-9,28H,10H2/b27-9+. The van der Waals surface area contributed by atoms with Gasteiger partial charge in [0.05, 0.1) is 6.21 Å². The summed E-state index contributed by atoms with van der Waals surface area (Å²) in [6.07, 6.45) is 1.12. The topological polar surface area (TPSA) is 33.6 Å². The fourth-order valence-corrected chi connectivity index (χ4v) is 2.32. The van der Waals surface area contributed by atoms with Crippen LogP contribution in [0.15, 0.2) is 53.6 Å². The lowest BCUT2D eigenvalue weighted by Gasteiger charge is -2.07. The summed E-state index contributed by atoms with van der Waals surface area (Å²) in [4.78, 5) is 0. The number of nitrogens with zero attached hydrogens (tertiary/aromatic N) is 1.